The van der Waals surface area contributed by atoms with E-state index in [9.17, 15) is 0 Å². The standard InChI is InChI=1S/C17H26BrN3/c18-15-5-3-14(4-6-15)17(19)8-12-20-11-7-16(13-20)21-9-1-2-10-21/h3-6,16-17H,1-2,7-13,19H2. The van der Waals surface area contributed by atoms with Crippen LogP contribution < -0.4 is 5.73 Å². The molecule has 0 spiro atoms. The van der Waals surface area contributed by atoms with E-state index in [1.807, 2.05) is 0 Å². The van der Waals surface area contributed by atoms with Crippen molar-refractivity contribution >= 4 is 15.9 Å². The summed E-state index contributed by atoms with van der Waals surface area (Å²) in [5.74, 6) is 0. The van der Waals surface area contributed by atoms with E-state index < -0.39 is 0 Å². The molecule has 2 aliphatic heterocycles. The van der Waals surface area contributed by atoms with Crippen LogP contribution >= 0.6 is 15.9 Å². The maximum absolute atomic E-state index is 6.33. The average Bonchev–Trinajstić information content (AvgIpc) is 3.16. The summed E-state index contributed by atoms with van der Waals surface area (Å²) in [6, 6.07) is 9.38. The van der Waals surface area contributed by atoms with E-state index in [0.717, 1.165) is 23.5 Å². The molecule has 0 bridgehead atoms. The third kappa shape index (κ3) is 4.07. The number of hydrogen-bond acceptors (Lipinski definition) is 3. The van der Waals surface area contributed by atoms with Gasteiger partial charge in [0.15, 0.2) is 0 Å². The highest BCUT2D eigenvalue weighted by atomic mass is 79.9. The fourth-order valence-corrected chi connectivity index (χ4v) is 3.88. The van der Waals surface area contributed by atoms with Gasteiger partial charge in [-0.25, -0.2) is 0 Å². The van der Waals surface area contributed by atoms with Gasteiger partial charge in [-0.05, 0) is 63.0 Å². The van der Waals surface area contributed by atoms with Crippen molar-refractivity contribution in [1.82, 2.24) is 9.80 Å². The summed E-state index contributed by atoms with van der Waals surface area (Å²) in [7, 11) is 0. The number of halogens is 1. The molecule has 2 atom stereocenters. The fraction of sp³-hybridized carbons (Fsp3) is 0.647. The van der Waals surface area contributed by atoms with Crippen LogP contribution in [-0.2, 0) is 0 Å². The maximum Gasteiger partial charge on any atom is 0.0307 e. The lowest BCUT2D eigenvalue weighted by Crippen LogP contribution is -2.35. The Hall–Kier alpha value is -0.420. The number of rotatable bonds is 5. The van der Waals surface area contributed by atoms with Crippen molar-refractivity contribution in [1.29, 1.82) is 0 Å². The summed E-state index contributed by atoms with van der Waals surface area (Å²) in [5.41, 5.74) is 7.57. The summed E-state index contributed by atoms with van der Waals surface area (Å²) in [6.45, 7) is 6.25. The van der Waals surface area contributed by atoms with Crippen LogP contribution in [0.1, 0.15) is 37.3 Å². The molecule has 2 aliphatic rings. The van der Waals surface area contributed by atoms with Gasteiger partial charge in [0.2, 0.25) is 0 Å². The Kier molecular flexibility index (Phi) is 5.33. The predicted octanol–water partition coefficient (Wildman–Crippen LogP) is 3.01. The van der Waals surface area contributed by atoms with Crippen molar-refractivity contribution in [2.75, 3.05) is 32.7 Å². The van der Waals surface area contributed by atoms with Crippen molar-refractivity contribution in [3.8, 4) is 0 Å². The van der Waals surface area contributed by atoms with Crippen LogP contribution in [0, 0.1) is 0 Å². The molecule has 0 aromatic heterocycles. The smallest absolute Gasteiger partial charge is 0.0307 e. The molecule has 3 rings (SSSR count). The summed E-state index contributed by atoms with van der Waals surface area (Å²) in [4.78, 5) is 5.29. The van der Waals surface area contributed by atoms with Gasteiger partial charge in [-0.1, -0.05) is 28.1 Å². The Labute approximate surface area is 136 Å². The molecule has 2 heterocycles. The molecular formula is C17H26BrN3. The second kappa shape index (κ2) is 7.23. The zero-order valence-electron chi connectivity index (χ0n) is 12.7. The van der Waals surface area contributed by atoms with Crippen LogP contribution in [0.3, 0.4) is 0 Å². The van der Waals surface area contributed by atoms with Gasteiger partial charge in [-0.2, -0.15) is 0 Å². The van der Waals surface area contributed by atoms with Gasteiger partial charge >= 0.3 is 0 Å². The molecule has 1 aromatic rings. The minimum atomic E-state index is 0.156. The average molecular weight is 352 g/mol. The second-order valence-corrected chi connectivity index (χ2v) is 7.35. The van der Waals surface area contributed by atoms with Crippen LogP contribution in [0.2, 0.25) is 0 Å². The Balaban J connectivity index is 1.44. The van der Waals surface area contributed by atoms with Gasteiger partial charge in [0.25, 0.3) is 0 Å². The van der Waals surface area contributed by atoms with Crippen LogP contribution in [0.4, 0.5) is 0 Å². The third-order valence-electron chi connectivity index (χ3n) is 4.96. The van der Waals surface area contributed by atoms with E-state index in [4.69, 9.17) is 5.73 Å². The molecule has 2 unspecified atom stereocenters. The molecule has 2 N–H and O–H groups in total. The molecule has 0 saturated carbocycles. The quantitative estimate of drug-likeness (QED) is 0.884. The molecule has 116 valence electrons. The van der Waals surface area contributed by atoms with Crippen molar-refractivity contribution in [3.05, 3.63) is 34.3 Å². The molecule has 1 aromatic carbocycles. The first kappa shape index (κ1) is 15.5. The zero-order valence-corrected chi connectivity index (χ0v) is 14.3. The van der Waals surface area contributed by atoms with Gasteiger partial charge in [0, 0.05) is 29.6 Å². The fourth-order valence-electron chi connectivity index (χ4n) is 3.62. The molecule has 3 nitrogen and oxygen atoms in total. The van der Waals surface area contributed by atoms with Crippen molar-refractivity contribution in [3.63, 3.8) is 0 Å². The lowest BCUT2D eigenvalue weighted by Gasteiger charge is -2.24. The van der Waals surface area contributed by atoms with Crippen molar-refractivity contribution in [2.45, 2.75) is 37.8 Å². The van der Waals surface area contributed by atoms with Crippen LogP contribution in [0.15, 0.2) is 28.7 Å². The maximum atomic E-state index is 6.33. The minimum Gasteiger partial charge on any atom is -0.324 e. The normalized spacial score (nSPS) is 25.5. The Bertz CT molecular complexity index is 442. The second-order valence-electron chi connectivity index (χ2n) is 6.43. The lowest BCUT2D eigenvalue weighted by molar-refractivity contribution is 0.230. The van der Waals surface area contributed by atoms with E-state index in [0.29, 0.717) is 0 Å². The summed E-state index contributed by atoms with van der Waals surface area (Å²) in [5, 5.41) is 0. The zero-order chi connectivity index (χ0) is 14.7. The Morgan fingerprint density at radius 1 is 1.14 bits per heavy atom. The van der Waals surface area contributed by atoms with Crippen LogP contribution in [-0.4, -0.2) is 48.6 Å². The molecule has 2 saturated heterocycles. The lowest BCUT2D eigenvalue weighted by atomic mass is 10.0. The third-order valence-corrected chi connectivity index (χ3v) is 5.49. The van der Waals surface area contributed by atoms with Gasteiger partial charge in [0.05, 0.1) is 0 Å². The number of nitrogens with zero attached hydrogens (tertiary/aromatic N) is 2. The molecule has 0 aliphatic carbocycles. The predicted molar refractivity (Wildman–Crippen MR) is 91.3 cm³/mol. The highest BCUT2D eigenvalue weighted by Gasteiger charge is 2.29. The number of benzene rings is 1. The first-order valence-corrected chi connectivity index (χ1v) is 8.99. The van der Waals surface area contributed by atoms with Gasteiger partial charge in [0.1, 0.15) is 0 Å². The monoisotopic (exact) mass is 351 g/mol. The molecule has 0 radical (unpaired) electrons. The summed E-state index contributed by atoms with van der Waals surface area (Å²) >= 11 is 3.47. The Morgan fingerprint density at radius 3 is 2.57 bits per heavy atom. The van der Waals surface area contributed by atoms with Crippen molar-refractivity contribution in [2.24, 2.45) is 5.73 Å². The molecule has 21 heavy (non-hydrogen) atoms. The molecule has 0 amide bonds. The summed E-state index contributed by atoms with van der Waals surface area (Å²) < 4.78 is 1.12. The highest BCUT2D eigenvalue weighted by molar-refractivity contribution is 9.10. The van der Waals surface area contributed by atoms with Gasteiger partial charge < -0.3 is 10.6 Å². The number of nitrogens with two attached hydrogens (primary N) is 1. The van der Waals surface area contributed by atoms with E-state index in [1.165, 1.54) is 51.0 Å². The first-order valence-electron chi connectivity index (χ1n) is 8.20. The summed E-state index contributed by atoms with van der Waals surface area (Å²) in [6.07, 6.45) is 5.18. The van der Waals surface area contributed by atoms with Crippen LogP contribution in [0.25, 0.3) is 0 Å². The van der Waals surface area contributed by atoms with E-state index >= 15 is 0 Å². The van der Waals surface area contributed by atoms with Crippen molar-refractivity contribution < 1.29 is 0 Å². The highest BCUT2D eigenvalue weighted by Crippen LogP contribution is 2.22. The molecule has 4 heteroatoms. The first-order chi connectivity index (χ1) is 10.2. The largest absolute Gasteiger partial charge is 0.324 e. The van der Waals surface area contributed by atoms with E-state index in [-0.39, 0.29) is 6.04 Å². The van der Waals surface area contributed by atoms with Gasteiger partial charge in [-0.3, -0.25) is 4.90 Å². The number of likely N-dealkylation sites (tertiary alicyclic amines) is 2. The molecular weight excluding hydrogens is 326 g/mol. The SMILES string of the molecule is NC(CCN1CCC(N2CCCC2)C1)c1ccc(Br)cc1. The van der Waals surface area contributed by atoms with Crippen LogP contribution in [0.5, 0.6) is 0 Å². The Morgan fingerprint density at radius 2 is 1.86 bits per heavy atom. The van der Waals surface area contributed by atoms with Gasteiger partial charge in [-0.15, -0.1) is 0 Å². The van der Waals surface area contributed by atoms with E-state index in [2.05, 4.69) is 50.0 Å². The molecule has 2 fully saturated rings. The minimum absolute atomic E-state index is 0.156. The number of hydrogen-bond donors (Lipinski definition) is 1. The van der Waals surface area contributed by atoms with E-state index in [1.54, 1.807) is 0 Å². The topological polar surface area (TPSA) is 32.5 Å².